The molecule has 0 aliphatic heterocycles. The Bertz CT molecular complexity index is 1210. The SMILES string of the molecule is N#CC(C#N)=C(C#N)Nc1cc(OCC(F)(F)F)cc(-n2nc3ccccc3n2)c1. The van der Waals surface area contributed by atoms with Gasteiger partial charge in [0.1, 0.15) is 40.7 Å². The molecule has 0 amide bonds. The first kappa shape index (κ1) is 20.2. The molecule has 0 saturated carbocycles. The molecule has 0 aliphatic carbocycles. The molecule has 0 aliphatic rings. The molecule has 0 bridgehead atoms. The highest BCUT2D eigenvalue weighted by molar-refractivity contribution is 5.73. The lowest BCUT2D eigenvalue weighted by atomic mass is 10.2. The molecule has 0 atom stereocenters. The van der Waals surface area contributed by atoms with Gasteiger partial charge in [-0.3, -0.25) is 0 Å². The molecule has 0 spiro atoms. The zero-order valence-electron chi connectivity index (χ0n) is 15.0. The number of ether oxygens (including phenoxy) is 1. The van der Waals surface area contributed by atoms with Crippen LogP contribution in [0, 0.1) is 34.0 Å². The average Bonchev–Trinajstić information content (AvgIpc) is 3.16. The van der Waals surface area contributed by atoms with E-state index in [9.17, 15) is 18.4 Å². The van der Waals surface area contributed by atoms with Crippen LogP contribution in [0.15, 0.2) is 53.7 Å². The predicted octanol–water partition coefficient (Wildman–Crippen LogP) is 3.60. The van der Waals surface area contributed by atoms with E-state index in [4.69, 9.17) is 15.3 Å². The number of aromatic nitrogens is 3. The number of nitriles is 3. The summed E-state index contributed by atoms with van der Waals surface area (Å²) in [5, 5.41) is 38.2. The van der Waals surface area contributed by atoms with Gasteiger partial charge in [0, 0.05) is 17.8 Å². The maximum atomic E-state index is 12.6. The van der Waals surface area contributed by atoms with E-state index in [2.05, 4.69) is 15.5 Å². The standard InChI is InChI=1S/C19H10F3N7O/c20-19(21,22)11-30-15-6-13(26-18(10-25)12(8-23)9-24)5-14(7-15)29-27-16-3-1-2-4-17(16)28-29/h1-7,26H,11H2. The number of hydrogen-bond acceptors (Lipinski definition) is 7. The first-order chi connectivity index (χ1) is 14.3. The molecule has 1 heterocycles. The van der Waals surface area contributed by atoms with Crippen molar-refractivity contribution in [3.05, 3.63) is 53.7 Å². The number of fused-ring (bicyclic) bond motifs is 1. The summed E-state index contributed by atoms with van der Waals surface area (Å²) in [6.07, 6.45) is -4.56. The van der Waals surface area contributed by atoms with Crippen LogP contribution < -0.4 is 10.1 Å². The predicted molar refractivity (Wildman–Crippen MR) is 97.9 cm³/mol. The van der Waals surface area contributed by atoms with Crippen LogP contribution in [-0.4, -0.2) is 27.8 Å². The van der Waals surface area contributed by atoms with Crippen LogP contribution in [0.3, 0.4) is 0 Å². The van der Waals surface area contributed by atoms with Crippen molar-refractivity contribution in [1.29, 1.82) is 15.8 Å². The Balaban J connectivity index is 2.07. The van der Waals surface area contributed by atoms with Crippen LogP contribution in [0.2, 0.25) is 0 Å². The molecule has 3 rings (SSSR count). The highest BCUT2D eigenvalue weighted by atomic mass is 19.4. The number of hydrogen-bond donors (Lipinski definition) is 1. The van der Waals surface area contributed by atoms with E-state index in [1.54, 1.807) is 42.5 Å². The summed E-state index contributed by atoms with van der Waals surface area (Å²) in [6, 6.07) is 15.7. The zero-order chi connectivity index (χ0) is 21.7. The number of halogens is 3. The molecule has 0 radical (unpaired) electrons. The third-order valence-electron chi connectivity index (χ3n) is 3.67. The summed E-state index contributed by atoms with van der Waals surface area (Å²) >= 11 is 0. The fourth-order valence-corrected chi connectivity index (χ4v) is 2.42. The largest absolute Gasteiger partial charge is 0.484 e. The molecule has 0 unspecified atom stereocenters. The lowest BCUT2D eigenvalue weighted by Gasteiger charge is -2.13. The van der Waals surface area contributed by atoms with Crippen molar-refractivity contribution >= 4 is 16.7 Å². The Morgan fingerprint density at radius 1 is 1.00 bits per heavy atom. The van der Waals surface area contributed by atoms with Crippen LogP contribution in [0.25, 0.3) is 16.7 Å². The Morgan fingerprint density at radius 3 is 2.17 bits per heavy atom. The number of benzene rings is 2. The van der Waals surface area contributed by atoms with Gasteiger partial charge in [-0.15, -0.1) is 10.2 Å². The van der Waals surface area contributed by atoms with Crippen LogP contribution >= 0.6 is 0 Å². The number of anilines is 1. The number of nitrogens with one attached hydrogen (secondary N) is 1. The topological polar surface area (TPSA) is 123 Å². The van der Waals surface area contributed by atoms with Crippen molar-refractivity contribution in [2.24, 2.45) is 0 Å². The van der Waals surface area contributed by atoms with Crippen molar-refractivity contribution in [2.75, 3.05) is 11.9 Å². The number of nitrogens with zero attached hydrogens (tertiary/aromatic N) is 6. The van der Waals surface area contributed by atoms with Crippen LogP contribution in [0.4, 0.5) is 18.9 Å². The van der Waals surface area contributed by atoms with Crippen LogP contribution in [0.5, 0.6) is 5.75 Å². The summed E-state index contributed by atoms with van der Waals surface area (Å²) in [7, 11) is 0. The first-order valence-corrected chi connectivity index (χ1v) is 8.21. The van der Waals surface area contributed by atoms with Gasteiger partial charge in [0.2, 0.25) is 0 Å². The monoisotopic (exact) mass is 409 g/mol. The van der Waals surface area contributed by atoms with Gasteiger partial charge in [-0.2, -0.15) is 33.8 Å². The van der Waals surface area contributed by atoms with Crippen LogP contribution in [-0.2, 0) is 0 Å². The quantitative estimate of drug-likeness (QED) is 0.639. The summed E-state index contributed by atoms with van der Waals surface area (Å²) in [4.78, 5) is 1.20. The molecule has 0 fully saturated rings. The number of allylic oxidation sites excluding steroid dienone is 2. The van der Waals surface area contributed by atoms with E-state index in [1.165, 1.54) is 23.0 Å². The number of alkyl halides is 3. The molecule has 30 heavy (non-hydrogen) atoms. The fraction of sp³-hybridized carbons (Fsp3) is 0.105. The second-order valence-electron chi connectivity index (χ2n) is 5.81. The van der Waals surface area contributed by atoms with Gasteiger partial charge < -0.3 is 10.1 Å². The summed E-state index contributed by atoms with van der Waals surface area (Å²) in [5.41, 5.74) is 0.609. The minimum atomic E-state index is -4.56. The van der Waals surface area contributed by atoms with Gasteiger partial charge in [-0.25, -0.2) is 0 Å². The first-order valence-electron chi connectivity index (χ1n) is 8.21. The minimum absolute atomic E-state index is 0.102. The van der Waals surface area contributed by atoms with Crippen molar-refractivity contribution in [3.8, 4) is 29.6 Å². The van der Waals surface area contributed by atoms with E-state index in [0.717, 1.165) is 0 Å². The van der Waals surface area contributed by atoms with Gasteiger partial charge in [0.15, 0.2) is 12.2 Å². The maximum Gasteiger partial charge on any atom is 0.422 e. The van der Waals surface area contributed by atoms with Gasteiger partial charge in [0.05, 0.1) is 5.69 Å². The van der Waals surface area contributed by atoms with Crippen molar-refractivity contribution < 1.29 is 17.9 Å². The molecule has 11 heteroatoms. The van der Waals surface area contributed by atoms with Gasteiger partial charge in [0.25, 0.3) is 0 Å². The molecular formula is C19H10F3N7O. The smallest absolute Gasteiger partial charge is 0.422 e. The van der Waals surface area contributed by atoms with E-state index in [1.807, 2.05) is 0 Å². The highest BCUT2D eigenvalue weighted by Gasteiger charge is 2.28. The van der Waals surface area contributed by atoms with Crippen molar-refractivity contribution in [2.45, 2.75) is 6.18 Å². The highest BCUT2D eigenvalue weighted by Crippen LogP contribution is 2.27. The minimum Gasteiger partial charge on any atom is -0.484 e. The second kappa shape index (κ2) is 8.21. The third kappa shape index (κ3) is 4.64. The molecule has 1 aromatic heterocycles. The average molecular weight is 409 g/mol. The Kier molecular flexibility index (Phi) is 5.52. The normalized spacial score (nSPS) is 10.5. The summed E-state index contributed by atoms with van der Waals surface area (Å²) in [5.74, 6) is -0.179. The van der Waals surface area contributed by atoms with Gasteiger partial charge in [-0.1, -0.05) is 12.1 Å². The van der Waals surface area contributed by atoms with Crippen molar-refractivity contribution in [1.82, 2.24) is 15.0 Å². The third-order valence-corrected chi connectivity index (χ3v) is 3.67. The Morgan fingerprint density at radius 2 is 1.63 bits per heavy atom. The second-order valence-corrected chi connectivity index (χ2v) is 5.81. The van der Waals surface area contributed by atoms with E-state index in [0.29, 0.717) is 11.0 Å². The Labute approximate surface area is 167 Å². The van der Waals surface area contributed by atoms with Gasteiger partial charge in [-0.05, 0) is 18.2 Å². The lowest BCUT2D eigenvalue weighted by molar-refractivity contribution is -0.153. The molecule has 148 valence electrons. The Hall–Kier alpha value is -4.56. The molecule has 3 aromatic rings. The summed E-state index contributed by atoms with van der Waals surface area (Å²) in [6.45, 7) is -1.53. The molecule has 1 N–H and O–H groups in total. The van der Waals surface area contributed by atoms with Gasteiger partial charge >= 0.3 is 6.18 Å². The maximum absolute atomic E-state index is 12.6. The zero-order valence-corrected chi connectivity index (χ0v) is 15.0. The lowest BCUT2D eigenvalue weighted by Crippen LogP contribution is -2.19. The van der Waals surface area contributed by atoms with Crippen molar-refractivity contribution in [3.63, 3.8) is 0 Å². The van der Waals surface area contributed by atoms with E-state index < -0.39 is 18.4 Å². The fourth-order valence-electron chi connectivity index (χ4n) is 2.42. The molecule has 2 aromatic carbocycles. The molecule has 8 nitrogen and oxygen atoms in total. The number of rotatable bonds is 5. The summed E-state index contributed by atoms with van der Waals surface area (Å²) < 4.78 is 42.5. The van der Waals surface area contributed by atoms with E-state index in [-0.39, 0.29) is 22.8 Å². The molecular weight excluding hydrogens is 399 g/mol. The molecule has 0 saturated heterocycles. The van der Waals surface area contributed by atoms with Crippen LogP contribution in [0.1, 0.15) is 0 Å². The van der Waals surface area contributed by atoms with E-state index >= 15 is 0 Å².